The van der Waals surface area contributed by atoms with Crippen LogP contribution in [0.2, 0.25) is 0 Å². The number of aliphatic carboxylic acids is 1. The van der Waals surface area contributed by atoms with Crippen LogP contribution in [0.1, 0.15) is 52.4 Å². The molecule has 3 nitrogen and oxygen atoms in total. The molecule has 20 heavy (non-hydrogen) atoms. The van der Waals surface area contributed by atoms with Gasteiger partial charge in [-0.15, -0.1) is 0 Å². The molecule has 4 unspecified atom stereocenters. The molecule has 0 radical (unpaired) electrons. The van der Waals surface area contributed by atoms with E-state index in [9.17, 15) is 9.90 Å². The number of hydrogen-bond acceptors (Lipinski definition) is 3. The minimum absolute atomic E-state index is 0.230. The second kappa shape index (κ2) is 5.53. The number of hydrogen-bond donors (Lipinski definition) is 1. The van der Waals surface area contributed by atoms with E-state index in [-0.39, 0.29) is 11.5 Å². The molecule has 1 aliphatic carbocycles. The number of thioether (sulfide) groups is 1. The summed E-state index contributed by atoms with van der Waals surface area (Å²) in [7, 11) is 0. The largest absolute Gasteiger partial charge is 0.480 e. The summed E-state index contributed by atoms with van der Waals surface area (Å²) < 4.78 is 0. The van der Waals surface area contributed by atoms with E-state index in [0.29, 0.717) is 18.0 Å². The highest BCUT2D eigenvalue weighted by molar-refractivity contribution is 7.99. The monoisotopic (exact) mass is 297 g/mol. The van der Waals surface area contributed by atoms with Crippen LogP contribution < -0.4 is 0 Å². The molecular formula is C16H27NO2S. The van der Waals surface area contributed by atoms with Crippen molar-refractivity contribution in [1.29, 1.82) is 0 Å². The van der Waals surface area contributed by atoms with Gasteiger partial charge in [0.1, 0.15) is 6.04 Å². The second-order valence-electron chi connectivity index (χ2n) is 7.48. The minimum atomic E-state index is -0.592. The molecule has 0 spiro atoms. The lowest BCUT2D eigenvalue weighted by molar-refractivity contribution is -0.144. The number of carboxylic acids is 1. The lowest BCUT2D eigenvalue weighted by Gasteiger charge is -2.48. The van der Waals surface area contributed by atoms with Crippen molar-refractivity contribution in [1.82, 2.24) is 4.90 Å². The lowest BCUT2D eigenvalue weighted by atomic mass is 9.79. The molecule has 0 aromatic carbocycles. The fourth-order valence-corrected chi connectivity index (χ4v) is 6.27. The van der Waals surface area contributed by atoms with Gasteiger partial charge < -0.3 is 5.11 Å². The molecular weight excluding hydrogens is 270 g/mol. The van der Waals surface area contributed by atoms with Gasteiger partial charge in [-0.1, -0.05) is 26.7 Å². The zero-order valence-corrected chi connectivity index (χ0v) is 13.5. The van der Waals surface area contributed by atoms with Crippen molar-refractivity contribution in [3.8, 4) is 0 Å². The molecule has 114 valence electrons. The van der Waals surface area contributed by atoms with E-state index in [1.54, 1.807) is 0 Å². The Labute approximate surface area is 126 Å². The third kappa shape index (κ3) is 2.50. The maximum atomic E-state index is 11.8. The van der Waals surface area contributed by atoms with Crippen molar-refractivity contribution in [2.45, 2.75) is 70.5 Å². The van der Waals surface area contributed by atoms with Crippen molar-refractivity contribution in [2.75, 3.05) is 11.5 Å². The molecule has 0 amide bonds. The van der Waals surface area contributed by atoms with Gasteiger partial charge in [-0.25, -0.2) is 0 Å². The molecule has 3 fully saturated rings. The van der Waals surface area contributed by atoms with Gasteiger partial charge in [-0.2, -0.15) is 11.8 Å². The number of carbonyl (C=O) groups is 1. The summed E-state index contributed by atoms with van der Waals surface area (Å²) in [5, 5.41) is 9.68. The van der Waals surface area contributed by atoms with Crippen molar-refractivity contribution in [2.24, 2.45) is 11.3 Å². The molecule has 1 saturated carbocycles. The summed E-state index contributed by atoms with van der Waals surface area (Å²) in [5.41, 5.74) is 0.255. The normalized spacial score (nSPS) is 41.3. The van der Waals surface area contributed by atoms with Gasteiger partial charge in [0.05, 0.1) is 0 Å². The van der Waals surface area contributed by atoms with Crippen molar-refractivity contribution in [3.63, 3.8) is 0 Å². The molecule has 0 aromatic rings. The van der Waals surface area contributed by atoms with Gasteiger partial charge in [0.2, 0.25) is 0 Å². The fraction of sp³-hybridized carbons (Fsp3) is 0.938. The van der Waals surface area contributed by atoms with E-state index in [4.69, 9.17) is 0 Å². The zero-order valence-electron chi connectivity index (χ0n) is 12.7. The number of fused-ring (bicyclic) bond motifs is 1. The first kappa shape index (κ1) is 14.7. The zero-order chi connectivity index (χ0) is 14.3. The molecule has 3 rings (SSSR count). The first-order valence-corrected chi connectivity index (χ1v) is 9.24. The number of rotatable bonds is 2. The van der Waals surface area contributed by atoms with Crippen molar-refractivity contribution in [3.05, 3.63) is 0 Å². The molecule has 2 heterocycles. The van der Waals surface area contributed by atoms with Crippen LogP contribution in [0, 0.1) is 11.3 Å². The van der Waals surface area contributed by atoms with Crippen molar-refractivity contribution >= 4 is 17.7 Å². The van der Waals surface area contributed by atoms with Gasteiger partial charge in [0.15, 0.2) is 0 Å². The van der Waals surface area contributed by atoms with Crippen LogP contribution in [0.5, 0.6) is 0 Å². The predicted molar refractivity (Wildman–Crippen MR) is 83.1 cm³/mol. The van der Waals surface area contributed by atoms with E-state index in [1.165, 1.54) is 37.9 Å². The van der Waals surface area contributed by atoms with E-state index in [2.05, 4.69) is 18.7 Å². The number of carboxylic acid groups (broad SMARTS) is 1. The van der Waals surface area contributed by atoms with Gasteiger partial charge in [0.25, 0.3) is 0 Å². The van der Waals surface area contributed by atoms with Gasteiger partial charge in [-0.05, 0) is 42.8 Å². The Morgan fingerprint density at radius 1 is 1.30 bits per heavy atom. The van der Waals surface area contributed by atoms with Gasteiger partial charge >= 0.3 is 5.97 Å². The average molecular weight is 297 g/mol. The maximum absolute atomic E-state index is 11.8. The first-order valence-electron chi connectivity index (χ1n) is 8.09. The van der Waals surface area contributed by atoms with E-state index >= 15 is 0 Å². The van der Waals surface area contributed by atoms with Crippen LogP contribution in [-0.2, 0) is 4.79 Å². The molecule has 2 saturated heterocycles. The summed E-state index contributed by atoms with van der Waals surface area (Å²) in [5.74, 6) is 2.38. The quantitative estimate of drug-likeness (QED) is 0.849. The molecule has 0 aromatic heterocycles. The highest BCUT2D eigenvalue weighted by atomic mass is 32.2. The van der Waals surface area contributed by atoms with Gasteiger partial charge in [-0.3, -0.25) is 9.69 Å². The maximum Gasteiger partial charge on any atom is 0.320 e. The van der Waals surface area contributed by atoms with E-state index in [1.807, 2.05) is 11.8 Å². The Balaban J connectivity index is 1.88. The SMILES string of the molecule is CC1(C)CCSCC1N1C(C(=O)O)CC2CCCCC21. The Bertz CT molecular complexity index is 385. The summed E-state index contributed by atoms with van der Waals surface area (Å²) in [4.78, 5) is 14.2. The molecule has 0 bridgehead atoms. The highest BCUT2D eigenvalue weighted by Crippen LogP contribution is 2.47. The molecule has 2 aliphatic heterocycles. The van der Waals surface area contributed by atoms with Crippen LogP contribution in [0.25, 0.3) is 0 Å². The fourth-order valence-electron chi connectivity index (χ4n) is 4.58. The third-order valence-electron chi connectivity index (χ3n) is 5.85. The van der Waals surface area contributed by atoms with Gasteiger partial charge in [0, 0.05) is 17.8 Å². The van der Waals surface area contributed by atoms with Crippen LogP contribution in [0.3, 0.4) is 0 Å². The Kier molecular flexibility index (Phi) is 4.06. The molecule has 1 N–H and O–H groups in total. The predicted octanol–water partition coefficient (Wildman–Crippen LogP) is 3.24. The Morgan fingerprint density at radius 3 is 2.75 bits per heavy atom. The second-order valence-corrected chi connectivity index (χ2v) is 8.63. The highest BCUT2D eigenvalue weighted by Gasteiger charge is 2.51. The summed E-state index contributed by atoms with van der Waals surface area (Å²) in [6, 6.07) is 0.745. The Morgan fingerprint density at radius 2 is 2.05 bits per heavy atom. The number of nitrogens with zero attached hydrogens (tertiary/aromatic N) is 1. The first-order chi connectivity index (χ1) is 9.50. The Hall–Kier alpha value is -0.220. The standard InChI is InChI=1S/C16H27NO2S/c1-16(2)7-8-20-10-14(16)17-12-6-4-3-5-11(12)9-13(17)15(18)19/h11-14H,3-10H2,1-2H3,(H,18,19). The summed E-state index contributed by atoms with van der Waals surface area (Å²) in [6.07, 6.45) is 7.13. The van der Waals surface area contributed by atoms with Crippen LogP contribution in [0.4, 0.5) is 0 Å². The molecule has 4 heteroatoms. The summed E-state index contributed by atoms with van der Waals surface area (Å²) in [6.45, 7) is 4.68. The third-order valence-corrected chi connectivity index (χ3v) is 6.90. The molecule has 4 atom stereocenters. The van der Waals surface area contributed by atoms with E-state index in [0.717, 1.165) is 12.2 Å². The topological polar surface area (TPSA) is 40.5 Å². The van der Waals surface area contributed by atoms with Crippen molar-refractivity contribution < 1.29 is 9.90 Å². The van der Waals surface area contributed by atoms with Crippen LogP contribution in [-0.4, -0.2) is 45.6 Å². The molecule has 3 aliphatic rings. The lowest BCUT2D eigenvalue weighted by Crippen LogP contribution is -2.56. The van der Waals surface area contributed by atoms with E-state index < -0.39 is 5.97 Å². The van der Waals surface area contributed by atoms with Crippen LogP contribution >= 0.6 is 11.8 Å². The number of likely N-dealkylation sites (tertiary alicyclic amines) is 1. The smallest absolute Gasteiger partial charge is 0.320 e. The minimum Gasteiger partial charge on any atom is -0.480 e. The average Bonchev–Trinajstić information content (AvgIpc) is 2.78. The summed E-state index contributed by atoms with van der Waals surface area (Å²) >= 11 is 2.01. The van der Waals surface area contributed by atoms with Crippen LogP contribution in [0.15, 0.2) is 0 Å².